The zero-order valence-corrected chi connectivity index (χ0v) is 9.46. The molecule has 2 heterocycles. The number of nitrogens with zero attached hydrogens (tertiary/aromatic N) is 1. The Balaban J connectivity index is 2.01. The van der Waals surface area contributed by atoms with Crippen molar-refractivity contribution < 1.29 is 19.1 Å². The van der Waals surface area contributed by atoms with Crippen LogP contribution >= 0.6 is 0 Å². The van der Waals surface area contributed by atoms with Crippen LogP contribution in [0.2, 0.25) is 0 Å². The topological polar surface area (TPSA) is 70.8 Å². The van der Waals surface area contributed by atoms with E-state index >= 15 is 0 Å². The molecule has 1 atom stereocenters. The molecule has 0 aliphatic carbocycles. The van der Waals surface area contributed by atoms with E-state index in [9.17, 15) is 9.59 Å². The molecular formula is C12H15NO4. The molecule has 0 spiro atoms. The minimum Gasteiger partial charge on any atom is -0.480 e. The van der Waals surface area contributed by atoms with E-state index in [-0.39, 0.29) is 12.3 Å². The van der Waals surface area contributed by atoms with Crippen molar-refractivity contribution >= 4 is 11.8 Å². The lowest BCUT2D eigenvalue weighted by atomic mass is 10.0. The van der Waals surface area contributed by atoms with Crippen molar-refractivity contribution in [3.63, 3.8) is 0 Å². The maximum Gasteiger partial charge on any atom is 0.320 e. The molecule has 2 rings (SSSR count). The second-order valence-corrected chi connectivity index (χ2v) is 4.22. The number of likely N-dealkylation sites (tertiary alicyclic amines) is 1. The molecule has 92 valence electrons. The van der Waals surface area contributed by atoms with E-state index in [1.165, 1.54) is 6.26 Å². The van der Waals surface area contributed by atoms with Crippen LogP contribution in [0, 0.1) is 0 Å². The van der Waals surface area contributed by atoms with Gasteiger partial charge in [-0.25, -0.2) is 0 Å². The quantitative estimate of drug-likeness (QED) is 0.801. The second-order valence-electron chi connectivity index (χ2n) is 4.22. The van der Waals surface area contributed by atoms with Gasteiger partial charge in [0, 0.05) is 0 Å². The number of carboxylic acids is 1. The summed E-state index contributed by atoms with van der Waals surface area (Å²) in [5, 5.41) is 9.08. The average molecular weight is 237 g/mol. The van der Waals surface area contributed by atoms with Gasteiger partial charge in [0.2, 0.25) is 5.78 Å². The van der Waals surface area contributed by atoms with Crippen LogP contribution in [-0.4, -0.2) is 40.9 Å². The number of ketones is 1. The summed E-state index contributed by atoms with van der Waals surface area (Å²) in [4.78, 5) is 24.6. The molecule has 5 nitrogen and oxygen atoms in total. The summed E-state index contributed by atoms with van der Waals surface area (Å²) in [6.07, 6.45) is 3.90. The first kappa shape index (κ1) is 11.9. The first-order chi connectivity index (χ1) is 8.18. The number of hydrogen-bond acceptors (Lipinski definition) is 4. The standard InChI is InChI=1S/C12H15NO4/c14-10(11-5-3-7-17-11)8-13-6-2-1-4-9(13)12(15)16/h3,5,7,9H,1-2,4,6,8H2,(H,15,16)/t9-/m1/s1. The molecule has 0 radical (unpaired) electrons. The Bertz CT molecular complexity index is 399. The van der Waals surface area contributed by atoms with Crippen molar-refractivity contribution in [3.05, 3.63) is 24.2 Å². The van der Waals surface area contributed by atoms with Crippen molar-refractivity contribution in [1.82, 2.24) is 4.90 Å². The Morgan fingerprint density at radius 2 is 2.29 bits per heavy atom. The SMILES string of the molecule is O=C(CN1CCCC[C@@H]1C(=O)O)c1ccco1. The summed E-state index contributed by atoms with van der Waals surface area (Å²) in [7, 11) is 0. The molecule has 5 heteroatoms. The molecule has 1 saturated heterocycles. The lowest BCUT2D eigenvalue weighted by Crippen LogP contribution is -2.46. The number of Topliss-reactive ketones (excluding diaryl/α,β-unsaturated/α-hetero) is 1. The third-order valence-corrected chi connectivity index (χ3v) is 3.04. The van der Waals surface area contributed by atoms with Gasteiger partial charge in [0.25, 0.3) is 0 Å². The van der Waals surface area contributed by atoms with Crippen LogP contribution < -0.4 is 0 Å². The van der Waals surface area contributed by atoms with Crippen molar-refractivity contribution in [3.8, 4) is 0 Å². The van der Waals surface area contributed by atoms with Gasteiger partial charge in [0.05, 0.1) is 12.8 Å². The van der Waals surface area contributed by atoms with Gasteiger partial charge in [0.1, 0.15) is 6.04 Å². The molecule has 1 fully saturated rings. The molecule has 17 heavy (non-hydrogen) atoms. The number of carbonyl (C=O) groups is 2. The number of piperidine rings is 1. The normalized spacial score (nSPS) is 21.3. The Morgan fingerprint density at radius 3 is 2.94 bits per heavy atom. The highest BCUT2D eigenvalue weighted by atomic mass is 16.4. The minimum atomic E-state index is -0.850. The molecule has 0 unspecified atom stereocenters. The van der Waals surface area contributed by atoms with E-state index in [1.54, 1.807) is 17.0 Å². The van der Waals surface area contributed by atoms with Gasteiger partial charge in [-0.05, 0) is 31.5 Å². The van der Waals surface area contributed by atoms with Crippen molar-refractivity contribution in [1.29, 1.82) is 0 Å². The van der Waals surface area contributed by atoms with Crippen LogP contribution in [0.1, 0.15) is 29.8 Å². The summed E-state index contributed by atoms with van der Waals surface area (Å²) >= 11 is 0. The smallest absolute Gasteiger partial charge is 0.320 e. The maximum absolute atomic E-state index is 11.8. The third-order valence-electron chi connectivity index (χ3n) is 3.04. The van der Waals surface area contributed by atoms with Crippen molar-refractivity contribution in [2.24, 2.45) is 0 Å². The van der Waals surface area contributed by atoms with Gasteiger partial charge in [-0.15, -0.1) is 0 Å². The summed E-state index contributed by atoms with van der Waals surface area (Å²) in [6.45, 7) is 0.772. The molecule has 0 bridgehead atoms. The zero-order chi connectivity index (χ0) is 12.3. The number of furan rings is 1. The predicted octanol–water partition coefficient (Wildman–Crippen LogP) is 1.40. The van der Waals surface area contributed by atoms with Crippen LogP contribution in [0.3, 0.4) is 0 Å². The summed E-state index contributed by atoms with van der Waals surface area (Å²) in [5.74, 6) is -0.722. The van der Waals surface area contributed by atoms with E-state index < -0.39 is 12.0 Å². The van der Waals surface area contributed by atoms with E-state index in [2.05, 4.69) is 0 Å². The number of carboxylic acid groups (broad SMARTS) is 1. The van der Waals surface area contributed by atoms with Crippen LogP contribution in [0.25, 0.3) is 0 Å². The number of rotatable bonds is 4. The van der Waals surface area contributed by atoms with Crippen LogP contribution in [0.5, 0.6) is 0 Å². The number of aliphatic carboxylic acids is 1. The van der Waals surface area contributed by atoms with Crippen molar-refractivity contribution in [2.75, 3.05) is 13.1 Å². The molecule has 1 aromatic rings. The van der Waals surface area contributed by atoms with E-state index in [0.717, 1.165) is 12.8 Å². The van der Waals surface area contributed by atoms with Gasteiger partial charge >= 0.3 is 5.97 Å². The minimum absolute atomic E-state index is 0.116. The first-order valence-electron chi connectivity index (χ1n) is 5.72. The molecule has 1 aromatic heterocycles. The van der Waals surface area contributed by atoms with E-state index in [0.29, 0.717) is 18.7 Å². The van der Waals surface area contributed by atoms with E-state index in [4.69, 9.17) is 9.52 Å². The molecule has 0 saturated carbocycles. The predicted molar refractivity (Wildman–Crippen MR) is 59.9 cm³/mol. The average Bonchev–Trinajstić information content (AvgIpc) is 2.83. The maximum atomic E-state index is 11.8. The molecular weight excluding hydrogens is 222 g/mol. The van der Waals surface area contributed by atoms with E-state index in [1.807, 2.05) is 0 Å². The fourth-order valence-corrected chi connectivity index (χ4v) is 2.16. The lowest BCUT2D eigenvalue weighted by molar-refractivity contribution is -0.144. The Kier molecular flexibility index (Phi) is 3.58. The molecule has 1 aliphatic heterocycles. The van der Waals surface area contributed by atoms with Gasteiger partial charge < -0.3 is 9.52 Å². The fraction of sp³-hybridized carbons (Fsp3) is 0.500. The highest BCUT2D eigenvalue weighted by molar-refractivity contribution is 5.95. The largest absolute Gasteiger partial charge is 0.480 e. The van der Waals surface area contributed by atoms with Gasteiger partial charge in [-0.3, -0.25) is 14.5 Å². The monoisotopic (exact) mass is 237 g/mol. The lowest BCUT2D eigenvalue weighted by Gasteiger charge is -2.31. The Hall–Kier alpha value is -1.62. The summed E-state index contributed by atoms with van der Waals surface area (Å²) < 4.78 is 5.01. The number of carbonyl (C=O) groups excluding carboxylic acids is 1. The van der Waals surface area contributed by atoms with Crippen LogP contribution in [-0.2, 0) is 4.79 Å². The Morgan fingerprint density at radius 1 is 1.47 bits per heavy atom. The molecule has 1 N–H and O–H groups in total. The van der Waals surface area contributed by atoms with Gasteiger partial charge in [-0.2, -0.15) is 0 Å². The van der Waals surface area contributed by atoms with Gasteiger partial charge in [0.15, 0.2) is 5.76 Å². The zero-order valence-electron chi connectivity index (χ0n) is 9.46. The fourth-order valence-electron chi connectivity index (χ4n) is 2.16. The van der Waals surface area contributed by atoms with Gasteiger partial charge in [-0.1, -0.05) is 6.42 Å². The van der Waals surface area contributed by atoms with Crippen LogP contribution in [0.4, 0.5) is 0 Å². The van der Waals surface area contributed by atoms with Crippen molar-refractivity contribution in [2.45, 2.75) is 25.3 Å². The summed E-state index contributed by atoms with van der Waals surface area (Å²) in [5.41, 5.74) is 0. The first-order valence-corrected chi connectivity index (χ1v) is 5.72. The molecule has 1 aliphatic rings. The molecule has 0 aromatic carbocycles. The highest BCUT2D eigenvalue weighted by Gasteiger charge is 2.30. The summed E-state index contributed by atoms with van der Waals surface area (Å²) in [6, 6.07) is 2.71. The Labute approximate surface area is 99.0 Å². The third kappa shape index (κ3) is 2.74. The number of hydrogen-bond donors (Lipinski definition) is 1. The molecule has 0 amide bonds. The van der Waals surface area contributed by atoms with Crippen LogP contribution in [0.15, 0.2) is 22.8 Å². The highest BCUT2D eigenvalue weighted by Crippen LogP contribution is 2.17. The second kappa shape index (κ2) is 5.14.